The van der Waals surface area contributed by atoms with Crippen LogP contribution in [-0.2, 0) is 4.74 Å². The Morgan fingerprint density at radius 3 is 2.42 bits per heavy atom. The van der Waals surface area contributed by atoms with Crippen LogP contribution in [-0.4, -0.2) is 29.0 Å². The Kier molecular flexibility index (Phi) is 4.20. The third kappa shape index (κ3) is 3.08. The molecular weight excluding hydrogens is 306 g/mol. The van der Waals surface area contributed by atoms with Gasteiger partial charge in [0.25, 0.3) is 5.91 Å². The number of nitrogens with zero attached hydrogens (tertiary/aromatic N) is 2. The summed E-state index contributed by atoms with van der Waals surface area (Å²) in [5.41, 5.74) is 2.01. The lowest BCUT2D eigenvalue weighted by Gasteiger charge is -2.08. The quantitative estimate of drug-likeness (QED) is 0.750. The summed E-state index contributed by atoms with van der Waals surface area (Å²) in [4.78, 5) is 32.6. The maximum absolute atomic E-state index is 12.6. The van der Waals surface area contributed by atoms with Gasteiger partial charge >= 0.3 is 5.97 Å². The zero-order valence-electron chi connectivity index (χ0n) is 13.2. The summed E-state index contributed by atoms with van der Waals surface area (Å²) in [7, 11) is 1.32. The molecule has 2 aromatic carbocycles. The highest BCUT2D eigenvalue weighted by molar-refractivity contribution is 6.10. The number of ether oxygens (including phenoxy) is 1. The van der Waals surface area contributed by atoms with Crippen LogP contribution in [0.25, 0.3) is 10.9 Å². The van der Waals surface area contributed by atoms with Gasteiger partial charge in [-0.25, -0.2) is 14.8 Å². The molecule has 3 aromatic rings. The highest BCUT2D eigenvalue weighted by Crippen LogP contribution is 2.18. The topological polar surface area (TPSA) is 81.2 Å². The van der Waals surface area contributed by atoms with Crippen molar-refractivity contribution in [2.45, 2.75) is 6.92 Å². The molecule has 0 aliphatic heterocycles. The first kappa shape index (κ1) is 15.6. The van der Waals surface area contributed by atoms with Crippen LogP contribution < -0.4 is 5.32 Å². The highest BCUT2D eigenvalue weighted by atomic mass is 16.5. The maximum Gasteiger partial charge on any atom is 0.337 e. The molecule has 0 spiro atoms. The van der Waals surface area contributed by atoms with Crippen molar-refractivity contribution in [3.63, 3.8) is 0 Å². The lowest BCUT2D eigenvalue weighted by molar-refractivity contribution is 0.0600. The van der Waals surface area contributed by atoms with Crippen LogP contribution in [0.2, 0.25) is 0 Å². The first-order valence-corrected chi connectivity index (χ1v) is 7.31. The third-order valence-electron chi connectivity index (χ3n) is 3.49. The summed E-state index contributed by atoms with van der Waals surface area (Å²) in [5, 5.41) is 3.47. The van der Waals surface area contributed by atoms with E-state index in [1.807, 2.05) is 24.3 Å². The first-order chi connectivity index (χ1) is 11.6. The lowest BCUT2D eigenvalue weighted by Crippen LogP contribution is -2.15. The van der Waals surface area contributed by atoms with Crippen molar-refractivity contribution in [1.82, 2.24) is 9.97 Å². The molecule has 0 atom stereocenters. The minimum absolute atomic E-state index is 0.315. The number of para-hydroxylation sites is 1. The summed E-state index contributed by atoms with van der Waals surface area (Å²) in [5.74, 6) is -0.229. The Hall–Kier alpha value is -3.28. The SMILES string of the molecule is COC(=O)c1ccc(NC(=O)c2nc(C)nc3ccccc23)cc1. The first-order valence-electron chi connectivity index (χ1n) is 7.31. The number of esters is 1. The van der Waals surface area contributed by atoms with Crippen LogP contribution in [0.3, 0.4) is 0 Å². The summed E-state index contributed by atoms with van der Waals surface area (Å²) >= 11 is 0. The average Bonchev–Trinajstić information content (AvgIpc) is 2.60. The normalized spacial score (nSPS) is 10.4. The number of amides is 1. The van der Waals surface area contributed by atoms with Crippen LogP contribution >= 0.6 is 0 Å². The van der Waals surface area contributed by atoms with Crippen molar-refractivity contribution >= 4 is 28.5 Å². The molecule has 1 heterocycles. The van der Waals surface area contributed by atoms with Gasteiger partial charge in [-0.1, -0.05) is 18.2 Å². The molecule has 3 rings (SSSR count). The molecule has 24 heavy (non-hydrogen) atoms. The van der Waals surface area contributed by atoms with E-state index in [0.29, 0.717) is 28.2 Å². The number of anilines is 1. The Morgan fingerprint density at radius 2 is 1.71 bits per heavy atom. The van der Waals surface area contributed by atoms with E-state index in [0.717, 1.165) is 5.52 Å². The summed E-state index contributed by atoms with van der Waals surface area (Å²) < 4.78 is 4.64. The van der Waals surface area contributed by atoms with Gasteiger partial charge in [0.05, 0.1) is 18.2 Å². The van der Waals surface area contributed by atoms with Crippen LogP contribution in [0.1, 0.15) is 26.7 Å². The standard InChI is InChI=1S/C18H15N3O3/c1-11-19-15-6-4-3-5-14(15)16(20-11)17(22)21-13-9-7-12(8-10-13)18(23)24-2/h3-10H,1-2H3,(H,21,22). The molecule has 6 heteroatoms. The summed E-state index contributed by atoms with van der Waals surface area (Å²) in [6, 6.07) is 13.8. The molecule has 1 amide bonds. The van der Waals surface area contributed by atoms with Crippen molar-refractivity contribution in [1.29, 1.82) is 0 Å². The molecule has 1 N–H and O–H groups in total. The number of fused-ring (bicyclic) bond motifs is 1. The fourth-order valence-corrected chi connectivity index (χ4v) is 2.36. The number of aromatic nitrogens is 2. The molecule has 0 bridgehead atoms. The van der Waals surface area contributed by atoms with Gasteiger partial charge in [-0.15, -0.1) is 0 Å². The van der Waals surface area contributed by atoms with E-state index >= 15 is 0 Å². The van der Waals surface area contributed by atoms with Crippen LogP contribution in [0.5, 0.6) is 0 Å². The van der Waals surface area contributed by atoms with Crippen LogP contribution in [0.4, 0.5) is 5.69 Å². The van der Waals surface area contributed by atoms with Crippen molar-refractivity contribution < 1.29 is 14.3 Å². The Labute approximate surface area is 138 Å². The van der Waals surface area contributed by atoms with Gasteiger partial charge in [0.15, 0.2) is 0 Å². The summed E-state index contributed by atoms with van der Waals surface area (Å²) in [6.07, 6.45) is 0. The number of hydrogen-bond donors (Lipinski definition) is 1. The monoisotopic (exact) mass is 321 g/mol. The van der Waals surface area contributed by atoms with E-state index in [1.165, 1.54) is 7.11 Å². The van der Waals surface area contributed by atoms with Gasteiger partial charge in [0.2, 0.25) is 0 Å². The van der Waals surface area contributed by atoms with E-state index in [2.05, 4.69) is 20.0 Å². The molecule has 0 fully saturated rings. The van der Waals surface area contributed by atoms with Crippen LogP contribution in [0, 0.1) is 6.92 Å². The van der Waals surface area contributed by atoms with E-state index in [9.17, 15) is 9.59 Å². The van der Waals surface area contributed by atoms with Crippen LogP contribution in [0.15, 0.2) is 48.5 Å². The largest absolute Gasteiger partial charge is 0.465 e. The van der Waals surface area contributed by atoms with E-state index in [-0.39, 0.29) is 5.91 Å². The molecule has 0 aliphatic carbocycles. The van der Waals surface area contributed by atoms with Gasteiger partial charge < -0.3 is 10.1 Å². The molecule has 0 saturated carbocycles. The smallest absolute Gasteiger partial charge is 0.337 e. The Morgan fingerprint density at radius 1 is 1.00 bits per heavy atom. The minimum atomic E-state index is -0.426. The second-order valence-electron chi connectivity index (χ2n) is 5.16. The van der Waals surface area contributed by atoms with Crippen molar-refractivity contribution in [3.05, 3.63) is 65.6 Å². The number of carbonyl (C=O) groups excluding carboxylic acids is 2. The zero-order valence-corrected chi connectivity index (χ0v) is 13.2. The third-order valence-corrected chi connectivity index (χ3v) is 3.49. The number of nitrogens with one attached hydrogen (secondary N) is 1. The fourth-order valence-electron chi connectivity index (χ4n) is 2.36. The molecule has 0 unspecified atom stereocenters. The Balaban J connectivity index is 1.89. The van der Waals surface area contributed by atoms with Gasteiger partial charge in [0.1, 0.15) is 11.5 Å². The Bertz CT molecular complexity index is 920. The van der Waals surface area contributed by atoms with Gasteiger partial charge in [-0.2, -0.15) is 0 Å². The van der Waals surface area contributed by atoms with Crippen molar-refractivity contribution in [2.75, 3.05) is 12.4 Å². The van der Waals surface area contributed by atoms with E-state index in [1.54, 1.807) is 31.2 Å². The number of rotatable bonds is 3. The van der Waals surface area contributed by atoms with Gasteiger partial charge in [0, 0.05) is 11.1 Å². The molecular formula is C18H15N3O3. The number of hydrogen-bond acceptors (Lipinski definition) is 5. The maximum atomic E-state index is 12.6. The van der Waals surface area contributed by atoms with Gasteiger partial charge in [-0.3, -0.25) is 4.79 Å². The second-order valence-corrected chi connectivity index (χ2v) is 5.16. The minimum Gasteiger partial charge on any atom is -0.465 e. The fraction of sp³-hybridized carbons (Fsp3) is 0.111. The second kappa shape index (κ2) is 6.45. The molecule has 120 valence electrons. The summed E-state index contributed by atoms with van der Waals surface area (Å²) in [6.45, 7) is 1.74. The number of methoxy groups -OCH3 is 1. The molecule has 0 radical (unpaired) electrons. The number of benzene rings is 2. The van der Waals surface area contributed by atoms with E-state index < -0.39 is 5.97 Å². The lowest BCUT2D eigenvalue weighted by atomic mass is 10.1. The predicted octanol–water partition coefficient (Wildman–Crippen LogP) is 2.98. The van der Waals surface area contributed by atoms with E-state index in [4.69, 9.17) is 0 Å². The average molecular weight is 321 g/mol. The molecule has 6 nitrogen and oxygen atoms in total. The van der Waals surface area contributed by atoms with Gasteiger partial charge in [-0.05, 0) is 37.3 Å². The molecule has 0 saturated heterocycles. The van der Waals surface area contributed by atoms with Crippen molar-refractivity contribution in [3.8, 4) is 0 Å². The highest BCUT2D eigenvalue weighted by Gasteiger charge is 2.14. The molecule has 1 aromatic heterocycles. The molecule has 0 aliphatic rings. The zero-order chi connectivity index (χ0) is 17.1. The number of aryl methyl sites for hydroxylation is 1. The number of carbonyl (C=O) groups is 2. The predicted molar refractivity (Wildman–Crippen MR) is 90.0 cm³/mol. The van der Waals surface area contributed by atoms with Crippen molar-refractivity contribution in [2.24, 2.45) is 0 Å².